The Morgan fingerprint density at radius 2 is 1.97 bits per heavy atom. The van der Waals surface area contributed by atoms with Crippen molar-refractivity contribution in [1.29, 1.82) is 0 Å². The summed E-state index contributed by atoms with van der Waals surface area (Å²) in [5.74, 6) is 1.90. The second-order valence-electron chi connectivity index (χ2n) is 8.03. The van der Waals surface area contributed by atoms with Gasteiger partial charge < -0.3 is 19.3 Å². The average Bonchev–Trinajstić information content (AvgIpc) is 3.30. The Morgan fingerprint density at radius 3 is 2.72 bits per heavy atom. The minimum absolute atomic E-state index is 0.100. The summed E-state index contributed by atoms with van der Waals surface area (Å²) in [7, 11) is 3.22. The predicted octanol–water partition coefficient (Wildman–Crippen LogP) is 2.93. The lowest BCUT2D eigenvalue weighted by atomic mass is 10.1. The molecule has 1 amide bonds. The van der Waals surface area contributed by atoms with Crippen molar-refractivity contribution in [3.8, 4) is 11.5 Å². The third kappa shape index (κ3) is 4.22. The Balaban J connectivity index is 1.33. The molecule has 154 valence electrons. The number of carbonyl (C=O) groups excluding carboxylic acids is 1. The summed E-state index contributed by atoms with van der Waals surface area (Å²) in [6.45, 7) is 6.64. The Bertz CT molecular complexity index is 899. The molecule has 3 heterocycles. The number of carbonyl (C=O) groups is 1. The maximum Gasteiger partial charge on any atom is 0.254 e. The van der Waals surface area contributed by atoms with E-state index in [-0.39, 0.29) is 5.91 Å². The third-order valence-corrected chi connectivity index (χ3v) is 5.97. The van der Waals surface area contributed by atoms with Gasteiger partial charge in [-0.15, -0.1) is 0 Å². The minimum Gasteiger partial charge on any atom is -0.493 e. The molecular formula is C23H29N3O3. The van der Waals surface area contributed by atoms with Gasteiger partial charge >= 0.3 is 0 Å². The summed E-state index contributed by atoms with van der Waals surface area (Å²) in [4.78, 5) is 21.9. The normalized spacial score (nSPS) is 18.9. The van der Waals surface area contributed by atoms with Crippen LogP contribution in [0.4, 0.5) is 0 Å². The summed E-state index contributed by atoms with van der Waals surface area (Å²) in [6.07, 6.45) is 2.11. The lowest BCUT2D eigenvalue weighted by Crippen LogP contribution is -2.32. The van der Waals surface area contributed by atoms with Gasteiger partial charge in [0, 0.05) is 49.6 Å². The van der Waals surface area contributed by atoms with E-state index in [1.165, 1.54) is 0 Å². The lowest BCUT2D eigenvalue weighted by Gasteiger charge is -2.21. The van der Waals surface area contributed by atoms with E-state index in [1.807, 2.05) is 30.0 Å². The molecule has 1 atom stereocenters. The van der Waals surface area contributed by atoms with Gasteiger partial charge in [-0.3, -0.25) is 9.78 Å². The SMILES string of the molecule is COc1cc2c(cc1OC)C(=O)N(CC1CCN(CCc3cccc(C)n3)C1)C2. The number of nitrogens with zero attached hydrogens (tertiary/aromatic N) is 3. The van der Waals surface area contributed by atoms with E-state index in [0.717, 1.165) is 61.5 Å². The van der Waals surface area contributed by atoms with E-state index in [1.54, 1.807) is 14.2 Å². The Hall–Kier alpha value is -2.60. The predicted molar refractivity (Wildman–Crippen MR) is 112 cm³/mol. The molecule has 0 aliphatic carbocycles. The number of ether oxygens (including phenoxy) is 2. The monoisotopic (exact) mass is 395 g/mol. The number of pyridine rings is 1. The van der Waals surface area contributed by atoms with Crippen molar-refractivity contribution >= 4 is 5.91 Å². The van der Waals surface area contributed by atoms with Crippen LogP contribution in [0.5, 0.6) is 11.5 Å². The molecule has 0 N–H and O–H groups in total. The number of amides is 1. The van der Waals surface area contributed by atoms with Crippen molar-refractivity contribution in [2.45, 2.75) is 26.3 Å². The maximum absolute atomic E-state index is 12.9. The van der Waals surface area contributed by atoms with Gasteiger partial charge in [0.05, 0.1) is 14.2 Å². The zero-order valence-electron chi connectivity index (χ0n) is 17.5. The molecule has 1 fully saturated rings. The molecule has 6 heteroatoms. The summed E-state index contributed by atoms with van der Waals surface area (Å²) in [5, 5.41) is 0. The van der Waals surface area contributed by atoms with Crippen molar-refractivity contribution in [2.24, 2.45) is 5.92 Å². The molecule has 0 bridgehead atoms. The van der Waals surface area contributed by atoms with Gasteiger partial charge in [-0.25, -0.2) is 0 Å². The first-order valence-electron chi connectivity index (χ1n) is 10.3. The van der Waals surface area contributed by atoms with Gasteiger partial charge in [0.15, 0.2) is 11.5 Å². The number of fused-ring (bicyclic) bond motifs is 1. The molecule has 0 spiro atoms. The molecule has 1 aromatic carbocycles. The summed E-state index contributed by atoms with van der Waals surface area (Å²) in [5.41, 5.74) is 3.99. The van der Waals surface area contributed by atoms with E-state index in [4.69, 9.17) is 9.47 Å². The van der Waals surface area contributed by atoms with E-state index in [9.17, 15) is 4.79 Å². The molecule has 0 saturated carbocycles. The van der Waals surface area contributed by atoms with E-state index in [0.29, 0.717) is 24.0 Å². The summed E-state index contributed by atoms with van der Waals surface area (Å²) >= 11 is 0. The van der Waals surface area contributed by atoms with Crippen LogP contribution in [0.15, 0.2) is 30.3 Å². The highest BCUT2D eigenvalue weighted by Crippen LogP contribution is 2.35. The topological polar surface area (TPSA) is 54.9 Å². The zero-order chi connectivity index (χ0) is 20.4. The van der Waals surface area contributed by atoms with Gasteiger partial charge in [-0.05, 0) is 55.6 Å². The highest BCUT2D eigenvalue weighted by molar-refractivity contribution is 5.99. The van der Waals surface area contributed by atoms with Crippen LogP contribution in [0.3, 0.4) is 0 Å². The number of hydrogen-bond acceptors (Lipinski definition) is 5. The van der Waals surface area contributed by atoms with Crippen LogP contribution >= 0.6 is 0 Å². The number of methoxy groups -OCH3 is 2. The Morgan fingerprint density at radius 1 is 1.17 bits per heavy atom. The molecule has 2 aliphatic rings. The van der Waals surface area contributed by atoms with E-state index < -0.39 is 0 Å². The molecular weight excluding hydrogens is 366 g/mol. The van der Waals surface area contributed by atoms with Crippen LogP contribution in [-0.2, 0) is 13.0 Å². The second kappa shape index (κ2) is 8.41. The number of likely N-dealkylation sites (tertiary alicyclic amines) is 1. The molecule has 2 aliphatic heterocycles. The van der Waals surface area contributed by atoms with Crippen molar-refractivity contribution in [3.05, 3.63) is 52.8 Å². The van der Waals surface area contributed by atoms with E-state index >= 15 is 0 Å². The minimum atomic E-state index is 0.100. The molecule has 6 nitrogen and oxygen atoms in total. The molecule has 1 unspecified atom stereocenters. The van der Waals surface area contributed by atoms with Gasteiger partial charge in [-0.1, -0.05) is 6.07 Å². The molecule has 29 heavy (non-hydrogen) atoms. The zero-order valence-corrected chi connectivity index (χ0v) is 17.5. The first-order valence-corrected chi connectivity index (χ1v) is 10.3. The molecule has 1 aromatic heterocycles. The van der Waals surface area contributed by atoms with Crippen LogP contribution < -0.4 is 9.47 Å². The van der Waals surface area contributed by atoms with Crippen molar-refractivity contribution < 1.29 is 14.3 Å². The average molecular weight is 396 g/mol. The van der Waals surface area contributed by atoms with Crippen LogP contribution in [0.25, 0.3) is 0 Å². The van der Waals surface area contributed by atoms with Crippen LogP contribution in [0, 0.1) is 12.8 Å². The quantitative estimate of drug-likeness (QED) is 0.722. The Labute approximate surface area is 172 Å². The number of aromatic nitrogens is 1. The van der Waals surface area contributed by atoms with Crippen molar-refractivity contribution in [2.75, 3.05) is 40.4 Å². The standard InChI is InChI=1S/C23H29N3O3/c1-16-5-4-6-19(24-16)8-10-25-9-7-17(13-25)14-26-15-18-11-21(28-2)22(29-3)12-20(18)23(26)27/h4-6,11-12,17H,7-10,13-15H2,1-3H3. The molecule has 2 aromatic rings. The molecule has 0 radical (unpaired) electrons. The van der Waals surface area contributed by atoms with Gasteiger partial charge in [0.2, 0.25) is 0 Å². The highest BCUT2D eigenvalue weighted by Gasteiger charge is 2.32. The largest absolute Gasteiger partial charge is 0.493 e. The van der Waals surface area contributed by atoms with Crippen LogP contribution in [0.1, 0.15) is 33.7 Å². The fourth-order valence-corrected chi connectivity index (χ4v) is 4.43. The Kier molecular flexibility index (Phi) is 5.72. The van der Waals surface area contributed by atoms with Crippen molar-refractivity contribution in [1.82, 2.24) is 14.8 Å². The lowest BCUT2D eigenvalue weighted by molar-refractivity contribution is 0.0753. The van der Waals surface area contributed by atoms with Crippen LogP contribution in [-0.4, -0.2) is 61.1 Å². The fraction of sp³-hybridized carbons (Fsp3) is 0.478. The van der Waals surface area contributed by atoms with Gasteiger partial charge in [0.25, 0.3) is 5.91 Å². The number of aryl methyl sites for hydroxylation is 1. The highest BCUT2D eigenvalue weighted by atomic mass is 16.5. The van der Waals surface area contributed by atoms with Crippen molar-refractivity contribution in [3.63, 3.8) is 0 Å². The smallest absolute Gasteiger partial charge is 0.254 e. The van der Waals surface area contributed by atoms with Gasteiger partial charge in [-0.2, -0.15) is 0 Å². The fourth-order valence-electron chi connectivity index (χ4n) is 4.43. The van der Waals surface area contributed by atoms with Crippen LogP contribution in [0.2, 0.25) is 0 Å². The molecule has 4 rings (SSSR count). The number of hydrogen-bond donors (Lipinski definition) is 0. The first kappa shape index (κ1) is 19.7. The maximum atomic E-state index is 12.9. The van der Waals surface area contributed by atoms with Gasteiger partial charge in [0.1, 0.15) is 0 Å². The molecule has 1 saturated heterocycles. The summed E-state index contributed by atoms with van der Waals surface area (Å²) < 4.78 is 10.7. The first-order chi connectivity index (χ1) is 14.1. The second-order valence-corrected chi connectivity index (χ2v) is 8.03. The number of benzene rings is 1. The van der Waals surface area contributed by atoms with E-state index in [2.05, 4.69) is 22.0 Å². The summed E-state index contributed by atoms with van der Waals surface area (Å²) in [6, 6.07) is 9.95. The third-order valence-electron chi connectivity index (χ3n) is 5.97. The number of rotatable bonds is 7.